The van der Waals surface area contributed by atoms with Gasteiger partial charge in [-0.25, -0.2) is 9.18 Å². The number of hydrogen-bond acceptors (Lipinski definition) is 3. The van der Waals surface area contributed by atoms with Gasteiger partial charge in [-0.3, -0.25) is 0 Å². The molecule has 1 aromatic carbocycles. The van der Waals surface area contributed by atoms with E-state index in [0.29, 0.717) is 11.4 Å². The highest BCUT2D eigenvalue weighted by Crippen LogP contribution is 2.25. The van der Waals surface area contributed by atoms with E-state index in [1.165, 1.54) is 12.1 Å². The van der Waals surface area contributed by atoms with Crippen LogP contribution in [0.15, 0.2) is 34.7 Å². The van der Waals surface area contributed by atoms with E-state index in [0.717, 1.165) is 5.56 Å². The van der Waals surface area contributed by atoms with Gasteiger partial charge < -0.3 is 14.8 Å². The fourth-order valence-electron chi connectivity index (χ4n) is 1.80. The Balaban J connectivity index is 2.20. The number of aryl methyl sites for hydroxylation is 1. The largest absolute Gasteiger partial charge is 0.475 e. The lowest BCUT2D eigenvalue weighted by molar-refractivity contribution is 0.0660. The molecule has 0 saturated heterocycles. The predicted octanol–water partition coefficient (Wildman–Crippen LogP) is 3.60. The van der Waals surface area contributed by atoms with Gasteiger partial charge in [0.2, 0.25) is 5.76 Å². The summed E-state index contributed by atoms with van der Waals surface area (Å²) in [6.45, 7) is 3.57. The van der Waals surface area contributed by atoms with E-state index in [1.807, 2.05) is 0 Å². The average Bonchev–Trinajstić information content (AvgIpc) is 2.83. The van der Waals surface area contributed by atoms with Gasteiger partial charge in [0.05, 0.1) is 11.7 Å². The number of halogens is 1. The van der Waals surface area contributed by atoms with Gasteiger partial charge in [0.25, 0.3) is 0 Å². The molecule has 5 heteroatoms. The van der Waals surface area contributed by atoms with Crippen molar-refractivity contribution in [2.45, 2.75) is 19.9 Å². The Morgan fingerprint density at radius 2 is 2.11 bits per heavy atom. The highest BCUT2D eigenvalue weighted by Gasteiger charge is 2.16. The first kappa shape index (κ1) is 13.1. The van der Waals surface area contributed by atoms with Crippen LogP contribution in [0.1, 0.15) is 34.8 Å². The summed E-state index contributed by atoms with van der Waals surface area (Å²) in [6, 6.07) is 7.41. The summed E-state index contributed by atoms with van der Waals surface area (Å²) in [5, 5.41) is 11.8. The fraction of sp³-hybridized carbons (Fsp3) is 0.214. The topological polar surface area (TPSA) is 62.5 Å². The quantitative estimate of drug-likeness (QED) is 0.884. The number of rotatable bonds is 4. The molecule has 2 rings (SSSR count). The minimum Gasteiger partial charge on any atom is -0.475 e. The third-order valence-electron chi connectivity index (χ3n) is 2.85. The molecule has 0 amide bonds. The second kappa shape index (κ2) is 5.14. The molecule has 1 unspecified atom stereocenters. The van der Waals surface area contributed by atoms with Crippen molar-refractivity contribution in [3.05, 3.63) is 53.2 Å². The number of para-hydroxylation sites is 1. The molecule has 2 N–H and O–H groups in total. The van der Waals surface area contributed by atoms with Crippen LogP contribution in [0, 0.1) is 12.7 Å². The molecule has 2 aromatic rings. The average molecular weight is 263 g/mol. The number of furan rings is 1. The Hall–Kier alpha value is -2.30. The Bertz CT molecular complexity index is 586. The lowest BCUT2D eigenvalue weighted by atomic mass is 10.1. The van der Waals surface area contributed by atoms with E-state index in [-0.39, 0.29) is 17.6 Å². The Morgan fingerprint density at radius 1 is 1.37 bits per heavy atom. The summed E-state index contributed by atoms with van der Waals surface area (Å²) in [7, 11) is 0. The molecule has 4 nitrogen and oxygen atoms in total. The monoisotopic (exact) mass is 263 g/mol. The van der Waals surface area contributed by atoms with Crippen molar-refractivity contribution in [3.8, 4) is 0 Å². The van der Waals surface area contributed by atoms with E-state index in [4.69, 9.17) is 9.52 Å². The van der Waals surface area contributed by atoms with Gasteiger partial charge in [-0.2, -0.15) is 0 Å². The molecule has 1 atom stereocenters. The summed E-state index contributed by atoms with van der Waals surface area (Å²) in [4.78, 5) is 10.7. The highest BCUT2D eigenvalue weighted by atomic mass is 19.1. The lowest BCUT2D eigenvalue weighted by Crippen LogP contribution is -2.08. The van der Waals surface area contributed by atoms with Gasteiger partial charge in [-0.15, -0.1) is 0 Å². The molecule has 0 aliphatic heterocycles. The molecule has 19 heavy (non-hydrogen) atoms. The van der Waals surface area contributed by atoms with E-state index < -0.39 is 5.97 Å². The molecule has 1 heterocycles. The molecule has 0 spiro atoms. The predicted molar refractivity (Wildman–Crippen MR) is 68.8 cm³/mol. The normalized spacial score (nSPS) is 12.2. The maximum Gasteiger partial charge on any atom is 0.371 e. The van der Waals surface area contributed by atoms with Crippen molar-refractivity contribution in [2.24, 2.45) is 0 Å². The van der Waals surface area contributed by atoms with Crippen LogP contribution >= 0.6 is 0 Å². The first-order valence-corrected chi connectivity index (χ1v) is 5.83. The van der Waals surface area contributed by atoms with Gasteiger partial charge in [0, 0.05) is 0 Å². The molecule has 0 aliphatic carbocycles. The second-order valence-corrected chi connectivity index (χ2v) is 4.30. The van der Waals surface area contributed by atoms with Gasteiger partial charge in [-0.1, -0.05) is 12.1 Å². The Morgan fingerprint density at radius 3 is 2.68 bits per heavy atom. The standard InChI is InChI=1S/C14H14FNO3/c1-8-4-3-5-10(15)13(8)16-9(2)11-6-7-12(19-11)14(17)18/h3-7,9,16H,1-2H3,(H,17,18). The van der Waals surface area contributed by atoms with Crippen molar-refractivity contribution >= 4 is 11.7 Å². The van der Waals surface area contributed by atoms with Crippen LogP contribution in [0.5, 0.6) is 0 Å². The van der Waals surface area contributed by atoms with Gasteiger partial charge in [0.1, 0.15) is 11.6 Å². The second-order valence-electron chi connectivity index (χ2n) is 4.30. The molecule has 0 fully saturated rings. The zero-order valence-corrected chi connectivity index (χ0v) is 10.6. The smallest absolute Gasteiger partial charge is 0.371 e. The minimum atomic E-state index is -1.12. The van der Waals surface area contributed by atoms with Crippen molar-refractivity contribution < 1.29 is 18.7 Å². The van der Waals surface area contributed by atoms with Gasteiger partial charge in [-0.05, 0) is 37.6 Å². The number of carboxylic acid groups (broad SMARTS) is 1. The zero-order chi connectivity index (χ0) is 14.0. The van der Waals surface area contributed by atoms with Crippen LogP contribution in [0.2, 0.25) is 0 Å². The Kier molecular flexibility index (Phi) is 3.55. The maximum absolute atomic E-state index is 13.7. The molecule has 0 radical (unpaired) electrons. The summed E-state index contributed by atoms with van der Waals surface area (Å²) >= 11 is 0. The van der Waals surface area contributed by atoms with E-state index in [9.17, 15) is 9.18 Å². The molecule has 0 bridgehead atoms. The number of nitrogens with one attached hydrogen (secondary N) is 1. The molecular weight excluding hydrogens is 249 g/mol. The summed E-state index contributed by atoms with van der Waals surface area (Å²) in [5.41, 5.74) is 1.17. The number of carbonyl (C=O) groups is 1. The van der Waals surface area contributed by atoms with E-state index in [2.05, 4.69) is 5.32 Å². The van der Waals surface area contributed by atoms with Crippen molar-refractivity contribution in [1.29, 1.82) is 0 Å². The van der Waals surface area contributed by atoms with Crippen LogP contribution in [-0.2, 0) is 0 Å². The number of benzene rings is 1. The molecular formula is C14H14FNO3. The lowest BCUT2D eigenvalue weighted by Gasteiger charge is -2.15. The van der Waals surface area contributed by atoms with Gasteiger partial charge >= 0.3 is 5.97 Å². The van der Waals surface area contributed by atoms with Gasteiger partial charge in [0.15, 0.2) is 0 Å². The summed E-state index contributed by atoms with van der Waals surface area (Å²) in [5.74, 6) is -1.16. The highest BCUT2D eigenvalue weighted by molar-refractivity contribution is 5.84. The molecule has 0 saturated carbocycles. The molecule has 100 valence electrons. The third-order valence-corrected chi connectivity index (χ3v) is 2.85. The SMILES string of the molecule is Cc1cccc(F)c1NC(C)c1ccc(C(=O)O)o1. The number of aromatic carboxylic acids is 1. The minimum absolute atomic E-state index is 0.131. The van der Waals surface area contributed by atoms with E-state index >= 15 is 0 Å². The van der Waals surface area contributed by atoms with Crippen molar-refractivity contribution in [1.82, 2.24) is 0 Å². The first-order valence-electron chi connectivity index (χ1n) is 5.83. The number of carboxylic acids is 1. The van der Waals surface area contributed by atoms with Crippen molar-refractivity contribution in [2.75, 3.05) is 5.32 Å². The fourth-order valence-corrected chi connectivity index (χ4v) is 1.80. The summed E-state index contributed by atoms with van der Waals surface area (Å²) in [6.07, 6.45) is 0. The maximum atomic E-state index is 13.7. The third kappa shape index (κ3) is 2.76. The Labute approximate surface area is 109 Å². The van der Waals surface area contributed by atoms with Crippen LogP contribution in [0.25, 0.3) is 0 Å². The number of hydrogen-bond donors (Lipinski definition) is 2. The zero-order valence-electron chi connectivity index (χ0n) is 10.6. The van der Waals surface area contributed by atoms with Crippen LogP contribution in [-0.4, -0.2) is 11.1 Å². The first-order chi connectivity index (χ1) is 8.99. The van der Waals surface area contributed by atoms with Crippen LogP contribution < -0.4 is 5.32 Å². The van der Waals surface area contributed by atoms with E-state index in [1.54, 1.807) is 32.0 Å². The summed E-state index contributed by atoms with van der Waals surface area (Å²) < 4.78 is 18.8. The molecule has 1 aromatic heterocycles. The molecule has 0 aliphatic rings. The van der Waals surface area contributed by atoms with Crippen LogP contribution in [0.3, 0.4) is 0 Å². The van der Waals surface area contributed by atoms with Crippen LogP contribution in [0.4, 0.5) is 10.1 Å². The number of anilines is 1. The van der Waals surface area contributed by atoms with Crippen molar-refractivity contribution in [3.63, 3.8) is 0 Å².